The van der Waals surface area contributed by atoms with Gasteiger partial charge >= 0.3 is 0 Å². The van der Waals surface area contributed by atoms with E-state index in [2.05, 4.69) is 30.5 Å². The van der Waals surface area contributed by atoms with Gasteiger partial charge in [0.2, 0.25) is 0 Å². The van der Waals surface area contributed by atoms with Crippen molar-refractivity contribution in [2.45, 2.75) is 31.7 Å². The zero-order chi connectivity index (χ0) is 13.4. The number of nitrogens with zero attached hydrogens (tertiary/aromatic N) is 5. The first-order chi connectivity index (χ1) is 9.88. The third-order valence-electron chi connectivity index (χ3n) is 4.51. The summed E-state index contributed by atoms with van der Waals surface area (Å²) in [6.07, 6.45) is 11.4. The Morgan fingerprint density at radius 1 is 1.20 bits per heavy atom. The second-order valence-electron chi connectivity index (χ2n) is 5.96. The van der Waals surface area contributed by atoms with Gasteiger partial charge in [-0.25, -0.2) is 15.0 Å². The van der Waals surface area contributed by atoms with E-state index in [4.69, 9.17) is 0 Å². The molecule has 0 N–H and O–H groups in total. The molecule has 5 nitrogen and oxygen atoms in total. The van der Waals surface area contributed by atoms with Crippen LogP contribution in [0.15, 0.2) is 31.1 Å². The van der Waals surface area contributed by atoms with E-state index >= 15 is 0 Å². The van der Waals surface area contributed by atoms with Gasteiger partial charge in [-0.3, -0.25) is 0 Å². The van der Waals surface area contributed by atoms with Crippen molar-refractivity contribution >= 4 is 5.82 Å². The molecule has 5 heteroatoms. The summed E-state index contributed by atoms with van der Waals surface area (Å²) < 4.78 is 2.15. The predicted molar refractivity (Wildman–Crippen MR) is 76.6 cm³/mol. The fraction of sp³-hybridized carbons (Fsp3) is 0.533. The molecule has 1 saturated heterocycles. The Morgan fingerprint density at radius 3 is 2.80 bits per heavy atom. The van der Waals surface area contributed by atoms with Crippen molar-refractivity contribution in [3.05, 3.63) is 36.8 Å². The second-order valence-corrected chi connectivity index (χ2v) is 5.96. The fourth-order valence-corrected chi connectivity index (χ4v) is 3.03. The van der Waals surface area contributed by atoms with Crippen molar-refractivity contribution in [1.29, 1.82) is 0 Å². The summed E-state index contributed by atoms with van der Waals surface area (Å²) in [6, 6.07) is 2.19. The number of hydrogen-bond acceptors (Lipinski definition) is 4. The van der Waals surface area contributed by atoms with E-state index in [-0.39, 0.29) is 0 Å². The molecule has 2 fully saturated rings. The lowest BCUT2D eigenvalue weighted by Gasteiger charge is -2.40. The number of hydrogen-bond donors (Lipinski definition) is 0. The molecule has 0 atom stereocenters. The lowest BCUT2D eigenvalue weighted by Crippen LogP contribution is -2.48. The molecule has 1 saturated carbocycles. The Bertz CT molecular complexity index is 570. The SMILES string of the molecule is c1cn(CC2CN(c3cc(C4CCC4)ncn3)C2)cn1. The van der Waals surface area contributed by atoms with Crippen LogP contribution < -0.4 is 4.90 Å². The molecule has 3 heterocycles. The van der Waals surface area contributed by atoms with E-state index in [9.17, 15) is 0 Å². The quantitative estimate of drug-likeness (QED) is 0.852. The Kier molecular flexibility index (Phi) is 2.90. The van der Waals surface area contributed by atoms with Crippen molar-refractivity contribution in [2.75, 3.05) is 18.0 Å². The normalized spacial score (nSPS) is 19.7. The first-order valence-corrected chi connectivity index (χ1v) is 7.41. The molecule has 20 heavy (non-hydrogen) atoms. The maximum atomic E-state index is 4.43. The summed E-state index contributed by atoms with van der Waals surface area (Å²) in [5.41, 5.74) is 1.24. The molecule has 0 radical (unpaired) electrons. The Morgan fingerprint density at radius 2 is 2.10 bits per heavy atom. The van der Waals surface area contributed by atoms with Gasteiger partial charge in [0.15, 0.2) is 0 Å². The summed E-state index contributed by atoms with van der Waals surface area (Å²) in [5.74, 6) is 2.48. The van der Waals surface area contributed by atoms with Crippen LogP contribution in [-0.2, 0) is 6.54 Å². The van der Waals surface area contributed by atoms with Gasteiger partial charge in [0, 0.05) is 55.6 Å². The molecule has 2 aromatic heterocycles. The molecule has 0 aromatic carbocycles. The maximum absolute atomic E-state index is 4.43. The fourth-order valence-electron chi connectivity index (χ4n) is 3.03. The summed E-state index contributed by atoms with van der Waals surface area (Å²) in [6.45, 7) is 3.22. The average molecular weight is 269 g/mol. The van der Waals surface area contributed by atoms with E-state index in [1.54, 1.807) is 6.33 Å². The molecule has 104 valence electrons. The average Bonchev–Trinajstić information content (AvgIpc) is 2.84. The number of imidazole rings is 1. The monoisotopic (exact) mass is 269 g/mol. The highest BCUT2D eigenvalue weighted by atomic mass is 15.3. The van der Waals surface area contributed by atoms with Crippen molar-refractivity contribution in [1.82, 2.24) is 19.5 Å². The van der Waals surface area contributed by atoms with E-state index in [0.29, 0.717) is 11.8 Å². The number of anilines is 1. The first-order valence-electron chi connectivity index (χ1n) is 7.41. The minimum absolute atomic E-state index is 0.680. The Balaban J connectivity index is 1.38. The molecule has 2 aromatic rings. The zero-order valence-corrected chi connectivity index (χ0v) is 11.5. The molecule has 1 aliphatic carbocycles. The third kappa shape index (κ3) is 2.17. The Hall–Kier alpha value is -1.91. The van der Waals surface area contributed by atoms with E-state index < -0.39 is 0 Å². The topological polar surface area (TPSA) is 46.8 Å². The van der Waals surface area contributed by atoms with Crippen molar-refractivity contribution < 1.29 is 0 Å². The van der Waals surface area contributed by atoms with Gasteiger partial charge in [-0.2, -0.15) is 0 Å². The molecule has 4 rings (SSSR count). The maximum Gasteiger partial charge on any atom is 0.132 e. The lowest BCUT2D eigenvalue weighted by atomic mass is 9.83. The van der Waals surface area contributed by atoms with Crippen LogP contribution in [0.25, 0.3) is 0 Å². The molecular weight excluding hydrogens is 250 g/mol. The summed E-state index contributed by atoms with van der Waals surface area (Å²) in [5, 5.41) is 0. The third-order valence-corrected chi connectivity index (χ3v) is 4.51. The molecular formula is C15H19N5. The van der Waals surface area contributed by atoms with Gasteiger partial charge < -0.3 is 9.47 Å². The highest BCUT2D eigenvalue weighted by Crippen LogP contribution is 2.36. The van der Waals surface area contributed by atoms with Gasteiger partial charge in [0.1, 0.15) is 12.1 Å². The van der Waals surface area contributed by atoms with Crippen LogP contribution in [0.1, 0.15) is 30.9 Å². The minimum Gasteiger partial charge on any atom is -0.356 e. The van der Waals surface area contributed by atoms with Gasteiger partial charge in [-0.1, -0.05) is 6.42 Å². The Labute approximate surface area is 118 Å². The first kappa shape index (κ1) is 11.9. The molecule has 0 amide bonds. The molecule has 0 spiro atoms. The van der Waals surface area contributed by atoms with Crippen molar-refractivity contribution in [3.63, 3.8) is 0 Å². The summed E-state index contributed by atoms with van der Waals surface area (Å²) in [4.78, 5) is 15.3. The molecule has 2 aliphatic rings. The standard InChI is InChI=1S/C15H19N5/c1-2-13(3-1)14-6-15(18-10-17-14)20-8-12(9-20)7-19-5-4-16-11-19/h4-6,10-13H,1-3,7-9H2. The predicted octanol–water partition coefficient (Wildman–Crippen LogP) is 2.08. The van der Waals surface area contributed by atoms with Crippen LogP contribution in [0.3, 0.4) is 0 Å². The second kappa shape index (κ2) is 4.89. The van der Waals surface area contributed by atoms with Gasteiger partial charge in [-0.05, 0) is 12.8 Å². The smallest absolute Gasteiger partial charge is 0.132 e. The summed E-state index contributed by atoms with van der Waals surface area (Å²) >= 11 is 0. The van der Waals surface area contributed by atoms with E-state index in [0.717, 1.165) is 25.5 Å². The van der Waals surface area contributed by atoms with Gasteiger partial charge in [0.25, 0.3) is 0 Å². The largest absolute Gasteiger partial charge is 0.356 e. The molecule has 0 bridgehead atoms. The molecule has 1 aliphatic heterocycles. The zero-order valence-electron chi connectivity index (χ0n) is 11.5. The lowest BCUT2D eigenvalue weighted by molar-refractivity contribution is 0.354. The van der Waals surface area contributed by atoms with Crippen molar-refractivity contribution in [2.24, 2.45) is 5.92 Å². The van der Waals surface area contributed by atoms with Crippen LogP contribution in [0.2, 0.25) is 0 Å². The van der Waals surface area contributed by atoms with Crippen LogP contribution in [0, 0.1) is 5.92 Å². The number of aromatic nitrogens is 4. The van der Waals surface area contributed by atoms with Crippen molar-refractivity contribution in [3.8, 4) is 0 Å². The summed E-state index contributed by atoms with van der Waals surface area (Å²) in [7, 11) is 0. The van der Waals surface area contributed by atoms with Gasteiger partial charge in [0.05, 0.1) is 6.33 Å². The molecule has 0 unspecified atom stereocenters. The highest BCUT2D eigenvalue weighted by Gasteiger charge is 2.29. The number of rotatable bonds is 4. The van der Waals surface area contributed by atoms with Crippen LogP contribution >= 0.6 is 0 Å². The highest BCUT2D eigenvalue weighted by molar-refractivity contribution is 5.42. The van der Waals surface area contributed by atoms with Crippen LogP contribution in [-0.4, -0.2) is 32.6 Å². The van der Waals surface area contributed by atoms with Crippen LogP contribution in [0.4, 0.5) is 5.82 Å². The van der Waals surface area contributed by atoms with E-state index in [1.165, 1.54) is 25.0 Å². The minimum atomic E-state index is 0.680. The van der Waals surface area contributed by atoms with Gasteiger partial charge in [-0.15, -0.1) is 0 Å². The van der Waals surface area contributed by atoms with Crippen LogP contribution in [0.5, 0.6) is 0 Å². The van der Waals surface area contributed by atoms with E-state index in [1.807, 2.05) is 18.7 Å².